The SMILES string of the molecule is O=[Te](=O)=O.[Cu]. The molecule has 0 saturated heterocycles. The summed E-state index contributed by atoms with van der Waals surface area (Å²) in [6, 6.07) is 0. The quantitative estimate of drug-likeness (QED) is 0.523. The third kappa shape index (κ3) is 68.7. The molecule has 0 aliphatic rings. The van der Waals surface area contributed by atoms with Crippen LogP contribution in [0.1, 0.15) is 0 Å². The van der Waals surface area contributed by atoms with Crippen molar-refractivity contribution in [3.8, 4) is 0 Å². The van der Waals surface area contributed by atoms with Crippen molar-refractivity contribution in [2.24, 2.45) is 0 Å². The van der Waals surface area contributed by atoms with Gasteiger partial charge in [-0.25, -0.2) is 0 Å². The third-order valence-corrected chi connectivity index (χ3v) is 0. The summed E-state index contributed by atoms with van der Waals surface area (Å²) in [6.07, 6.45) is 0. The molecule has 0 spiro atoms. The van der Waals surface area contributed by atoms with E-state index in [4.69, 9.17) is 9.31 Å². The standard InChI is InChI=1S/Cu.O3Te/c;1-4(2)3. The van der Waals surface area contributed by atoms with Gasteiger partial charge in [-0.3, -0.25) is 0 Å². The summed E-state index contributed by atoms with van der Waals surface area (Å²) in [6.45, 7) is 0. The second-order valence-corrected chi connectivity index (χ2v) is 1.37. The Hall–Kier alpha value is 0.709. The van der Waals surface area contributed by atoms with Crippen molar-refractivity contribution in [1.82, 2.24) is 0 Å². The molecule has 0 atom stereocenters. The van der Waals surface area contributed by atoms with E-state index in [9.17, 15) is 0 Å². The average molecular weight is 239 g/mol. The maximum atomic E-state index is 8.59. The van der Waals surface area contributed by atoms with Crippen LogP contribution >= 0.6 is 0 Å². The van der Waals surface area contributed by atoms with Crippen molar-refractivity contribution in [2.75, 3.05) is 0 Å². The maximum absolute atomic E-state index is 8.59. The number of rotatable bonds is 0. The molecule has 0 aromatic carbocycles. The Labute approximate surface area is 46.0 Å². The Balaban J connectivity index is 0. The van der Waals surface area contributed by atoms with Gasteiger partial charge in [-0.05, 0) is 0 Å². The maximum Gasteiger partial charge on any atom is 0 e. The van der Waals surface area contributed by atoms with E-state index in [1.807, 2.05) is 0 Å². The van der Waals surface area contributed by atoms with Crippen LogP contribution in [0.2, 0.25) is 0 Å². The molecule has 3 nitrogen and oxygen atoms in total. The smallest absolute Gasteiger partial charge is 0 e. The molecule has 0 aliphatic carbocycles. The minimum absolute atomic E-state index is 0. The Morgan fingerprint density at radius 3 is 1.00 bits per heavy atom. The van der Waals surface area contributed by atoms with Crippen LogP contribution in [0.25, 0.3) is 0 Å². The molecule has 0 saturated carbocycles. The summed E-state index contributed by atoms with van der Waals surface area (Å²) >= 11 is -4.11. The molecule has 0 rings (SSSR count). The van der Waals surface area contributed by atoms with Gasteiger partial charge in [-0.1, -0.05) is 0 Å². The first kappa shape index (κ1) is 9.20. The Morgan fingerprint density at radius 2 is 1.00 bits per heavy atom. The van der Waals surface area contributed by atoms with Crippen LogP contribution in [0.15, 0.2) is 0 Å². The van der Waals surface area contributed by atoms with Crippen molar-refractivity contribution in [3.05, 3.63) is 0 Å². The van der Waals surface area contributed by atoms with Crippen molar-refractivity contribution < 1.29 is 26.4 Å². The molecule has 0 aliphatic heterocycles. The van der Waals surface area contributed by atoms with Gasteiger partial charge in [-0.2, -0.15) is 0 Å². The fourth-order valence-corrected chi connectivity index (χ4v) is 0. The van der Waals surface area contributed by atoms with Gasteiger partial charge in [0, 0.05) is 17.1 Å². The van der Waals surface area contributed by atoms with E-state index in [0.717, 1.165) is 0 Å². The molecule has 35 valence electrons. The van der Waals surface area contributed by atoms with Crippen LogP contribution in [-0.4, -0.2) is 19.5 Å². The summed E-state index contributed by atoms with van der Waals surface area (Å²) in [5.74, 6) is 0. The second kappa shape index (κ2) is 4.71. The van der Waals surface area contributed by atoms with Crippen molar-refractivity contribution in [2.45, 2.75) is 0 Å². The summed E-state index contributed by atoms with van der Waals surface area (Å²) in [4.78, 5) is 0. The zero-order valence-corrected chi connectivity index (χ0v) is 5.21. The molecule has 1 radical (unpaired) electrons. The summed E-state index contributed by atoms with van der Waals surface area (Å²) in [5.41, 5.74) is 0. The first-order chi connectivity index (χ1) is 1.73. The van der Waals surface area contributed by atoms with Gasteiger partial charge in [0.15, 0.2) is 0 Å². The topological polar surface area (TPSA) is 51.2 Å². The zero-order valence-electron chi connectivity index (χ0n) is 1.93. The van der Waals surface area contributed by atoms with Crippen molar-refractivity contribution >= 4 is 19.5 Å². The van der Waals surface area contributed by atoms with Gasteiger partial charge in [-0.15, -0.1) is 0 Å². The van der Waals surface area contributed by atoms with E-state index in [1.165, 1.54) is 0 Å². The summed E-state index contributed by atoms with van der Waals surface area (Å²) in [5, 5.41) is 0. The van der Waals surface area contributed by atoms with Gasteiger partial charge in [0.2, 0.25) is 0 Å². The molecular formula is CuO3Te. The average Bonchev–Trinajstić information content (AvgIpc) is 0.811. The second-order valence-electron chi connectivity index (χ2n) is 0.204. The minimum Gasteiger partial charge on any atom is 0 e. The van der Waals surface area contributed by atoms with E-state index in [1.54, 1.807) is 0 Å². The van der Waals surface area contributed by atoms with E-state index >= 15 is 0 Å². The van der Waals surface area contributed by atoms with Crippen molar-refractivity contribution in [1.29, 1.82) is 0 Å². The van der Waals surface area contributed by atoms with Gasteiger partial charge < -0.3 is 0 Å². The number of hydrogen-bond donors (Lipinski definition) is 0. The van der Waals surface area contributed by atoms with Crippen LogP contribution in [0.5, 0.6) is 0 Å². The van der Waals surface area contributed by atoms with Gasteiger partial charge >= 0.3 is 28.8 Å². The summed E-state index contributed by atoms with van der Waals surface area (Å²) < 4.78 is 25.8. The Kier molecular flexibility index (Phi) is 8.67. The van der Waals surface area contributed by atoms with Gasteiger partial charge in [0.25, 0.3) is 0 Å². The fraction of sp³-hybridized carbons (Fsp3) is 0. The van der Waals surface area contributed by atoms with E-state index in [-0.39, 0.29) is 17.1 Å². The number of hydrogen-bond acceptors (Lipinski definition) is 3. The predicted molar refractivity (Wildman–Crippen MR) is 7.81 cm³/mol. The molecular weight excluding hydrogens is 239 g/mol. The minimum atomic E-state index is -4.11. The van der Waals surface area contributed by atoms with Crippen LogP contribution in [0.3, 0.4) is 0 Å². The first-order valence-corrected chi connectivity index (χ1v) is 3.35. The van der Waals surface area contributed by atoms with Crippen LogP contribution < -0.4 is 0 Å². The zero-order chi connectivity index (χ0) is 3.58. The molecule has 5 heteroatoms. The normalized spacial score (nSPS) is 4.80. The van der Waals surface area contributed by atoms with Crippen molar-refractivity contribution in [3.63, 3.8) is 0 Å². The first-order valence-electron chi connectivity index (χ1n) is 0.500. The molecule has 0 aromatic heterocycles. The molecule has 0 bridgehead atoms. The molecule has 5 heavy (non-hydrogen) atoms. The Morgan fingerprint density at radius 1 is 1.00 bits per heavy atom. The molecule has 0 unspecified atom stereocenters. The largest absolute Gasteiger partial charge is 0 e. The van der Waals surface area contributed by atoms with Crippen LogP contribution in [0, 0.1) is 0 Å². The van der Waals surface area contributed by atoms with E-state index < -0.39 is 19.5 Å². The van der Waals surface area contributed by atoms with Gasteiger partial charge in [0.05, 0.1) is 0 Å². The predicted octanol–water partition coefficient (Wildman–Crippen LogP) is -0.740. The summed E-state index contributed by atoms with van der Waals surface area (Å²) in [7, 11) is 0. The fourth-order valence-electron chi connectivity index (χ4n) is 0. The Bertz CT molecular complexity index is 76.3. The monoisotopic (exact) mass is 241 g/mol. The molecule has 0 fully saturated rings. The molecule has 0 aromatic rings. The molecule has 0 heterocycles. The van der Waals surface area contributed by atoms with Crippen LogP contribution in [-0.2, 0) is 26.4 Å². The van der Waals surface area contributed by atoms with E-state index in [0.29, 0.717) is 0 Å². The molecule has 0 amide bonds. The van der Waals surface area contributed by atoms with E-state index in [2.05, 4.69) is 0 Å². The van der Waals surface area contributed by atoms with Gasteiger partial charge in [0.1, 0.15) is 0 Å². The third-order valence-electron chi connectivity index (χ3n) is 0. The molecule has 0 N–H and O–H groups in total. The van der Waals surface area contributed by atoms with Crippen LogP contribution in [0.4, 0.5) is 0 Å².